The van der Waals surface area contributed by atoms with Gasteiger partial charge in [-0.25, -0.2) is 13.1 Å². The molecule has 1 heterocycles. The highest BCUT2D eigenvalue weighted by Gasteiger charge is 2.29. The molecule has 1 aromatic rings. The molecular formula is C18H30N4O4S. The minimum atomic E-state index is -3.83. The minimum Gasteiger partial charge on any atom is -0.366 e. The summed E-state index contributed by atoms with van der Waals surface area (Å²) in [6, 6.07) is 4.18. The SMILES string of the molecule is CN(C)CC1CCCN(c2ccc(S(=O)(=O)NC(C)(C)C)cc2[N+](=O)[O-])C1. The third kappa shape index (κ3) is 5.88. The van der Waals surface area contributed by atoms with Crippen LogP contribution in [0.15, 0.2) is 23.1 Å². The van der Waals surface area contributed by atoms with Crippen LogP contribution < -0.4 is 9.62 Å². The zero-order chi connectivity index (χ0) is 20.4. The van der Waals surface area contributed by atoms with E-state index in [1.807, 2.05) is 19.0 Å². The summed E-state index contributed by atoms with van der Waals surface area (Å²) in [5.74, 6) is 0.430. The topological polar surface area (TPSA) is 95.8 Å². The van der Waals surface area contributed by atoms with Gasteiger partial charge in [-0.15, -0.1) is 0 Å². The number of hydrogen-bond acceptors (Lipinski definition) is 6. The lowest BCUT2D eigenvalue weighted by Gasteiger charge is -2.35. The first-order valence-corrected chi connectivity index (χ1v) is 10.6. The summed E-state index contributed by atoms with van der Waals surface area (Å²) in [5, 5.41) is 11.6. The van der Waals surface area contributed by atoms with Crippen molar-refractivity contribution in [2.24, 2.45) is 5.92 Å². The first kappa shape index (κ1) is 21.6. The van der Waals surface area contributed by atoms with Gasteiger partial charge in [-0.05, 0) is 65.8 Å². The number of rotatable bonds is 6. The van der Waals surface area contributed by atoms with Crippen LogP contribution in [0.4, 0.5) is 11.4 Å². The third-order valence-electron chi connectivity index (χ3n) is 4.38. The van der Waals surface area contributed by atoms with Crippen LogP contribution in [-0.4, -0.2) is 57.5 Å². The summed E-state index contributed by atoms with van der Waals surface area (Å²) in [7, 11) is 0.206. The van der Waals surface area contributed by atoms with Crippen LogP contribution in [0, 0.1) is 16.0 Å². The van der Waals surface area contributed by atoms with Gasteiger partial charge in [0.15, 0.2) is 0 Å². The predicted molar refractivity (Wildman–Crippen MR) is 107 cm³/mol. The summed E-state index contributed by atoms with van der Waals surface area (Å²) < 4.78 is 27.6. The van der Waals surface area contributed by atoms with Crippen molar-refractivity contribution in [3.05, 3.63) is 28.3 Å². The fraction of sp³-hybridized carbons (Fsp3) is 0.667. The summed E-state index contributed by atoms with van der Waals surface area (Å²) >= 11 is 0. The molecule has 152 valence electrons. The lowest BCUT2D eigenvalue weighted by Crippen LogP contribution is -2.41. The van der Waals surface area contributed by atoms with Gasteiger partial charge in [-0.3, -0.25) is 10.1 Å². The van der Waals surface area contributed by atoms with Crippen molar-refractivity contribution in [1.29, 1.82) is 0 Å². The highest BCUT2D eigenvalue weighted by Crippen LogP contribution is 2.34. The number of nitrogens with zero attached hydrogens (tertiary/aromatic N) is 3. The number of sulfonamides is 1. The second-order valence-corrected chi connectivity index (χ2v) is 10.2. The monoisotopic (exact) mass is 398 g/mol. The van der Waals surface area contributed by atoms with Crippen LogP contribution in [0.25, 0.3) is 0 Å². The largest absolute Gasteiger partial charge is 0.366 e. The summed E-state index contributed by atoms with van der Waals surface area (Å²) in [6.07, 6.45) is 2.05. The first-order valence-electron chi connectivity index (χ1n) is 9.11. The number of anilines is 1. The molecule has 9 heteroatoms. The molecule has 27 heavy (non-hydrogen) atoms. The van der Waals surface area contributed by atoms with Gasteiger partial charge in [0.05, 0.1) is 9.82 Å². The van der Waals surface area contributed by atoms with Gasteiger partial charge >= 0.3 is 0 Å². The molecule has 0 saturated carbocycles. The van der Waals surface area contributed by atoms with Crippen molar-refractivity contribution in [3.63, 3.8) is 0 Å². The Hall–Kier alpha value is -1.71. The molecule has 0 amide bonds. The lowest BCUT2D eigenvalue weighted by molar-refractivity contribution is -0.384. The fourth-order valence-electron chi connectivity index (χ4n) is 3.50. The quantitative estimate of drug-likeness (QED) is 0.584. The Kier molecular flexibility index (Phi) is 6.49. The Morgan fingerprint density at radius 3 is 2.56 bits per heavy atom. The van der Waals surface area contributed by atoms with E-state index in [0.717, 1.165) is 32.5 Å². The average molecular weight is 399 g/mol. The standard InChI is InChI=1S/C18H30N4O4S/c1-18(2,3)19-27(25,26)15-8-9-16(17(11-15)22(23)24)21-10-6-7-14(13-21)12-20(4)5/h8-9,11,14,19H,6-7,10,12-13H2,1-5H3. The van der Waals surface area contributed by atoms with E-state index < -0.39 is 20.5 Å². The van der Waals surface area contributed by atoms with Crippen LogP contribution in [0.3, 0.4) is 0 Å². The van der Waals surface area contributed by atoms with E-state index in [1.165, 1.54) is 12.1 Å². The summed E-state index contributed by atoms with van der Waals surface area (Å²) in [6.45, 7) is 7.57. The van der Waals surface area contributed by atoms with Crippen molar-refractivity contribution in [3.8, 4) is 0 Å². The van der Waals surface area contributed by atoms with Crippen molar-refractivity contribution in [1.82, 2.24) is 9.62 Å². The first-order chi connectivity index (χ1) is 12.4. The van der Waals surface area contributed by atoms with E-state index in [0.29, 0.717) is 11.6 Å². The maximum absolute atomic E-state index is 12.5. The minimum absolute atomic E-state index is 0.0882. The van der Waals surface area contributed by atoms with Gasteiger partial charge in [0.2, 0.25) is 10.0 Å². The molecule has 8 nitrogen and oxygen atoms in total. The molecule has 0 radical (unpaired) electrons. The van der Waals surface area contributed by atoms with Gasteiger partial charge < -0.3 is 9.80 Å². The number of piperidine rings is 1. The highest BCUT2D eigenvalue weighted by atomic mass is 32.2. The summed E-state index contributed by atoms with van der Waals surface area (Å²) in [5.41, 5.74) is -0.353. The Bertz CT molecular complexity index is 787. The van der Waals surface area contributed by atoms with Crippen LogP contribution in [0.2, 0.25) is 0 Å². The van der Waals surface area contributed by atoms with Crippen LogP contribution in [-0.2, 0) is 10.0 Å². The molecule has 1 aromatic carbocycles. The molecule has 1 atom stereocenters. The van der Waals surface area contributed by atoms with E-state index in [-0.39, 0.29) is 10.6 Å². The van der Waals surface area contributed by atoms with Crippen molar-refractivity contribution in [2.75, 3.05) is 38.6 Å². The maximum Gasteiger partial charge on any atom is 0.293 e. The average Bonchev–Trinajstić information content (AvgIpc) is 2.51. The summed E-state index contributed by atoms with van der Waals surface area (Å²) in [4.78, 5) is 15.2. The second kappa shape index (κ2) is 8.12. The normalized spacial score (nSPS) is 18.7. The number of hydrogen-bond donors (Lipinski definition) is 1. The van der Waals surface area contributed by atoms with Crippen LogP contribution in [0.1, 0.15) is 33.6 Å². The maximum atomic E-state index is 12.5. The molecule has 1 fully saturated rings. The van der Waals surface area contributed by atoms with Gasteiger partial charge in [0, 0.05) is 31.2 Å². The molecule has 2 rings (SSSR count). The predicted octanol–water partition coefficient (Wildman–Crippen LogP) is 2.45. The molecule has 1 saturated heterocycles. The molecule has 1 aliphatic rings. The van der Waals surface area contributed by atoms with Gasteiger partial charge in [0.25, 0.3) is 5.69 Å². The molecule has 1 aliphatic heterocycles. The van der Waals surface area contributed by atoms with Crippen LogP contribution in [0.5, 0.6) is 0 Å². The third-order valence-corrected chi connectivity index (χ3v) is 6.13. The lowest BCUT2D eigenvalue weighted by atomic mass is 9.97. The van der Waals surface area contributed by atoms with E-state index in [9.17, 15) is 18.5 Å². The fourth-order valence-corrected chi connectivity index (χ4v) is 4.93. The van der Waals surface area contributed by atoms with Crippen molar-refractivity contribution in [2.45, 2.75) is 44.0 Å². The number of nitro benzene ring substituents is 1. The Labute approximate surface area is 161 Å². The van der Waals surface area contributed by atoms with Crippen LogP contribution >= 0.6 is 0 Å². The second-order valence-electron chi connectivity index (χ2n) is 8.48. The Morgan fingerprint density at radius 1 is 1.33 bits per heavy atom. The molecule has 1 unspecified atom stereocenters. The molecular weight excluding hydrogens is 368 g/mol. The van der Waals surface area contributed by atoms with Gasteiger partial charge in [-0.1, -0.05) is 0 Å². The molecule has 0 bridgehead atoms. The zero-order valence-electron chi connectivity index (χ0n) is 16.7. The number of nitro groups is 1. The molecule has 0 aliphatic carbocycles. The smallest absolute Gasteiger partial charge is 0.293 e. The van der Waals surface area contributed by atoms with E-state index in [2.05, 4.69) is 9.62 Å². The molecule has 0 aromatic heterocycles. The Morgan fingerprint density at radius 2 is 2.00 bits per heavy atom. The van der Waals surface area contributed by atoms with E-state index in [4.69, 9.17) is 0 Å². The van der Waals surface area contributed by atoms with E-state index >= 15 is 0 Å². The van der Waals surface area contributed by atoms with Gasteiger partial charge in [0.1, 0.15) is 5.69 Å². The van der Waals surface area contributed by atoms with Gasteiger partial charge in [-0.2, -0.15) is 0 Å². The van der Waals surface area contributed by atoms with Crippen molar-refractivity contribution < 1.29 is 13.3 Å². The zero-order valence-corrected chi connectivity index (χ0v) is 17.5. The van der Waals surface area contributed by atoms with E-state index in [1.54, 1.807) is 26.8 Å². The molecule has 1 N–H and O–H groups in total. The highest BCUT2D eigenvalue weighted by molar-refractivity contribution is 7.89. The number of benzene rings is 1. The Balaban J connectivity index is 2.35. The molecule has 0 spiro atoms. The number of nitrogens with one attached hydrogen (secondary N) is 1. The van der Waals surface area contributed by atoms with Crippen molar-refractivity contribution >= 4 is 21.4 Å².